The van der Waals surface area contributed by atoms with Gasteiger partial charge in [0.25, 0.3) is 0 Å². The number of aromatic nitrogens is 3. The molecular formula is C11H6ClN5O2S. The number of nitrogens with one attached hydrogen (secondary N) is 1. The fraction of sp³-hybridized carbons (Fsp3) is 0. The third kappa shape index (κ3) is 2.26. The van der Waals surface area contributed by atoms with E-state index in [1.807, 2.05) is 24.3 Å². The summed E-state index contributed by atoms with van der Waals surface area (Å²) in [5, 5.41) is 14.1. The number of thiazole rings is 1. The van der Waals surface area contributed by atoms with E-state index in [-0.39, 0.29) is 16.7 Å². The highest BCUT2D eigenvalue weighted by molar-refractivity contribution is 7.22. The molecule has 3 aromatic rings. The Labute approximate surface area is 121 Å². The van der Waals surface area contributed by atoms with Gasteiger partial charge in [-0.3, -0.25) is 10.1 Å². The number of fused-ring (bicyclic) bond motifs is 1. The third-order valence-corrected chi connectivity index (χ3v) is 3.71. The molecule has 0 amide bonds. The molecule has 0 bridgehead atoms. The van der Waals surface area contributed by atoms with Crippen molar-refractivity contribution >= 4 is 49.8 Å². The van der Waals surface area contributed by atoms with Crippen LogP contribution >= 0.6 is 22.9 Å². The van der Waals surface area contributed by atoms with Crippen molar-refractivity contribution in [2.24, 2.45) is 0 Å². The highest BCUT2D eigenvalue weighted by atomic mass is 35.5. The molecule has 9 heteroatoms. The second-order valence-corrected chi connectivity index (χ2v) is 5.12. The largest absolute Gasteiger partial charge is 0.348 e. The van der Waals surface area contributed by atoms with E-state index in [2.05, 4.69) is 20.3 Å². The molecule has 0 saturated heterocycles. The third-order valence-electron chi connectivity index (χ3n) is 2.48. The van der Waals surface area contributed by atoms with E-state index in [1.165, 1.54) is 11.3 Å². The molecule has 0 fully saturated rings. The summed E-state index contributed by atoms with van der Waals surface area (Å²) in [4.78, 5) is 22.1. The Morgan fingerprint density at radius 2 is 2.10 bits per heavy atom. The Balaban J connectivity index is 2.02. The van der Waals surface area contributed by atoms with E-state index in [0.717, 1.165) is 16.5 Å². The van der Waals surface area contributed by atoms with E-state index in [1.54, 1.807) is 0 Å². The molecule has 0 atom stereocenters. The quantitative estimate of drug-likeness (QED) is 0.453. The van der Waals surface area contributed by atoms with Gasteiger partial charge >= 0.3 is 5.69 Å². The number of halogens is 1. The number of benzene rings is 1. The van der Waals surface area contributed by atoms with Crippen molar-refractivity contribution in [1.82, 2.24) is 15.0 Å². The van der Waals surface area contributed by atoms with Crippen molar-refractivity contribution in [1.29, 1.82) is 0 Å². The Morgan fingerprint density at radius 1 is 1.30 bits per heavy atom. The lowest BCUT2D eigenvalue weighted by atomic mass is 10.3. The molecule has 1 aromatic carbocycles. The Morgan fingerprint density at radius 3 is 2.85 bits per heavy atom. The van der Waals surface area contributed by atoms with Crippen molar-refractivity contribution in [3.63, 3.8) is 0 Å². The fourth-order valence-corrected chi connectivity index (χ4v) is 2.70. The van der Waals surface area contributed by atoms with Gasteiger partial charge in [0.05, 0.1) is 15.1 Å². The zero-order valence-electron chi connectivity index (χ0n) is 9.78. The van der Waals surface area contributed by atoms with Gasteiger partial charge in [0.15, 0.2) is 5.13 Å². The first-order valence-corrected chi connectivity index (χ1v) is 6.62. The van der Waals surface area contributed by atoms with Gasteiger partial charge in [0.1, 0.15) is 6.33 Å². The zero-order valence-corrected chi connectivity index (χ0v) is 11.4. The average molecular weight is 308 g/mol. The Kier molecular flexibility index (Phi) is 3.17. The lowest BCUT2D eigenvalue weighted by Crippen LogP contribution is -2.01. The minimum atomic E-state index is -0.627. The average Bonchev–Trinajstić information content (AvgIpc) is 2.80. The molecular weight excluding hydrogens is 302 g/mol. The van der Waals surface area contributed by atoms with Crippen LogP contribution in [0.1, 0.15) is 0 Å². The van der Waals surface area contributed by atoms with E-state index in [4.69, 9.17) is 11.6 Å². The second-order valence-electron chi connectivity index (χ2n) is 3.73. The van der Waals surface area contributed by atoms with Gasteiger partial charge in [0, 0.05) is 0 Å². The molecule has 7 nitrogen and oxygen atoms in total. The van der Waals surface area contributed by atoms with Crippen molar-refractivity contribution in [3.8, 4) is 0 Å². The highest BCUT2D eigenvalue weighted by Gasteiger charge is 2.22. The fourth-order valence-electron chi connectivity index (χ4n) is 1.64. The van der Waals surface area contributed by atoms with Crippen LogP contribution in [0.3, 0.4) is 0 Å². The lowest BCUT2D eigenvalue weighted by molar-refractivity contribution is -0.384. The van der Waals surface area contributed by atoms with Crippen molar-refractivity contribution in [3.05, 3.63) is 45.9 Å². The van der Waals surface area contributed by atoms with Gasteiger partial charge in [0.2, 0.25) is 11.0 Å². The van der Waals surface area contributed by atoms with Crippen LogP contribution in [-0.2, 0) is 0 Å². The summed E-state index contributed by atoms with van der Waals surface area (Å²) in [6, 6.07) is 7.54. The van der Waals surface area contributed by atoms with Crippen molar-refractivity contribution in [2.75, 3.05) is 5.32 Å². The highest BCUT2D eigenvalue weighted by Crippen LogP contribution is 2.33. The molecule has 0 unspecified atom stereocenters. The van der Waals surface area contributed by atoms with Crippen LogP contribution < -0.4 is 5.32 Å². The number of nitrogens with zero attached hydrogens (tertiary/aromatic N) is 4. The van der Waals surface area contributed by atoms with Gasteiger partial charge in [-0.25, -0.2) is 15.0 Å². The molecule has 0 saturated carbocycles. The molecule has 0 aliphatic carbocycles. The molecule has 2 aromatic heterocycles. The number of anilines is 2. The maximum absolute atomic E-state index is 11.0. The Bertz CT molecular complexity index is 773. The van der Waals surface area contributed by atoms with Crippen molar-refractivity contribution in [2.45, 2.75) is 0 Å². The summed E-state index contributed by atoms with van der Waals surface area (Å²) in [5.74, 6) is 0.0223. The number of nitro groups is 1. The molecule has 2 heterocycles. The first kappa shape index (κ1) is 12.7. The smallest absolute Gasteiger partial charge is 0.310 e. The van der Waals surface area contributed by atoms with Gasteiger partial charge in [-0.2, -0.15) is 0 Å². The zero-order chi connectivity index (χ0) is 14.1. The topological polar surface area (TPSA) is 93.8 Å². The number of hydrogen-bond donors (Lipinski definition) is 1. The van der Waals surface area contributed by atoms with Gasteiger partial charge in [-0.05, 0) is 12.1 Å². The number of rotatable bonds is 3. The predicted octanol–water partition coefficient (Wildman–Crippen LogP) is 3.39. The minimum Gasteiger partial charge on any atom is -0.310 e. The summed E-state index contributed by atoms with van der Waals surface area (Å²) in [6.45, 7) is 0. The minimum absolute atomic E-state index is 0.0223. The Hall–Kier alpha value is -2.32. The number of para-hydroxylation sites is 1. The molecule has 1 N–H and O–H groups in total. The standard InChI is InChI=1S/C11H6ClN5O2S/c12-9-8(17(18)19)10(14-5-13-9)16-11-15-6-3-1-2-4-7(6)20-11/h1-5H,(H,13,14,15,16). The summed E-state index contributed by atoms with van der Waals surface area (Å²) in [6.07, 6.45) is 1.16. The lowest BCUT2D eigenvalue weighted by Gasteiger charge is -2.02. The normalized spacial score (nSPS) is 10.7. The predicted molar refractivity (Wildman–Crippen MR) is 76.6 cm³/mol. The first-order valence-electron chi connectivity index (χ1n) is 5.42. The molecule has 0 aliphatic heterocycles. The first-order chi connectivity index (χ1) is 9.65. The van der Waals surface area contributed by atoms with E-state index in [0.29, 0.717) is 5.13 Å². The van der Waals surface area contributed by atoms with Crippen LogP contribution in [0.5, 0.6) is 0 Å². The van der Waals surface area contributed by atoms with Crippen LogP contribution in [0.25, 0.3) is 10.2 Å². The van der Waals surface area contributed by atoms with Crippen LogP contribution in [0.4, 0.5) is 16.6 Å². The van der Waals surface area contributed by atoms with Gasteiger partial charge in [-0.15, -0.1) is 0 Å². The molecule has 0 radical (unpaired) electrons. The SMILES string of the molecule is O=[N+]([O-])c1c(Cl)ncnc1Nc1nc2ccccc2s1. The molecule has 0 aliphatic rings. The molecule has 100 valence electrons. The van der Waals surface area contributed by atoms with E-state index < -0.39 is 4.92 Å². The van der Waals surface area contributed by atoms with Gasteiger partial charge in [-0.1, -0.05) is 35.1 Å². The second kappa shape index (κ2) is 4.99. The summed E-state index contributed by atoms with van der Waals surface area (Å²) in [5.41, 5.74) is 0.441. The molecule has 0 spiro atoms. The maximum atomic E-state index is 11.0. The summed E-state index contributed by atoms with van der Waals surface area (Å²) < 4.78 is 0.970. The summed E-state index contributed by atoms with van der Waals surface area (Å²) in [7, 11) is 0. The van der Waals surface area contributed by atoms with Crippen LogP contribution in [0.2, 0.25) is 5.15 Å². The van der Waals surface area contributed by atoms with Crippen molar-refractivity contribution < 1.29 is 4.92 Å². The van der Waals surface area contributed by atoms with Gasteiger partial charge < -0.3 is 5.32 Å². The van der Waals surface area contributed by atoms with E-state index in [9.17, 15) is 10.1 Å². The van der Waals surface area contributed by atoms with E-state index >= 15 is 0 Å². The van der Waals surface area contributed by atoms with Crippen LogP contribution in [-0.4, -0.2) is 19.9 Å². The van der Waals surface area contributed by atoms with Crippen LogP contribution in [0, 0.1) is 10.1 Å². The molecule has 3 rings (SSSR count). The maximum Gasteiger partial charge on any atom is 0.348 e. The summed E-state index contributed by atoms with van der Waals surface area (Å²) >= 11 is 7.09. The molecule has 20 heavy (non-hydrogen) atoms. The monoisotopic (exact) mass is 307 g/mol. The number of hydrogen-bond acceptors (Lipinski definition) is 7. The van der Waals surface area contributed by atoms with Crippen LogP contribution in [0.15, 0.2) is 30.6 Å².